The number of allylic oxidation sites excluding steroid dienone is 2. The van der Waals surface area contributed by atoms with Crippen molar-refractivity contribution in [2.45, 2.75) is 73.3 Å². The summed E-state index contributed by atoms with van der Waals surface area (Å²) in [6, 6.07) is 19.1. The van der Waals surface area contributed by atoms with Gasteiger partial charge in [0.25, 0.3) is 0 Å². The molecule has 0 fully saturated rings. The van der Waals surface area contributed by atoms with Gasteiger partial charge in [-0.15, -0.1) is 0 Å². The molecule has 2 N–H and O–H groups in total. The van der Waals surface area contributed by atoms with Gasteiger partial charge in [0.05, 0.1) is 22.8 Å². The zero-order valence-corrected chi connectivity index (χ0v) is 28.0. The van der Waals surface area contributed by atoms with E-state index in [1.165, 1.54) is 24.1 Å². The Morgan fingerprint density at radius 3 is 2.23 bits per heavy atom. The van der Waals surface area contributed by atoms with Crippen LogP contribution < -0.4 is 5.73 Å². The van der Waals surface area contributed by atoms with Crippen molar-refractivity contribution in [3.63, 3.8) is 0 Å². The molecule has 2 heterocycles. The van der Waals surface area contributed by atoms with Crippen LogP contribution in [0.5, 0.6) is 0 Å². The second kappa shape index (κ2) is 17.4. The Bertz CT molecular complexity index is 1440. The lowest BCUT2D eigenvalue weighted by molar-refractivity contribution is 0.313. The molecule has 3 aromatic rings. The number of aromatic nitrogens is 1. The molecule has 0 saturated carbocycles. The van der Waals surface area contributed by atoms with Gasteiger partial charge in [0.1, 0.15) is 0 Å². The molecule has 0 bridgehead atoms. The smallest absolute Gasteiger partial charge is 0.0681 e. The first-order valence-corrected chi connectivity index (χ1v) is 16.1. The quantitative estimate of drug-likeness (QED) is 0.169. The van der Waals surface area contributed by atoms with Gasteiger partial charge in [-0.1, -0.05) is 76.2 Å². The zero-order valence-electron chi connectivity index (χ0n) is 28.0. The van der Waals surface area contributed by atoms with Gasteiger partial charge in [-0.3, -0.25) is 4.98 Å². The lowest BCUT2D eigenvalue weighted by Crippen LogP contribution is -2.28. The van der Waals surface area contributed by atoms with Crippen molar-refractivity contribution in [2.24, 2.45) is 10.7 Å². The third-order valence-corrected chi connectivity index (χ3v) is 8.01. The van der Waals surface area contributed by atoms with Gasteiger partial charge < -0.3 is 15.5 Å². The molecule has 5 heteroatoms. The number of unbranched alkanes of at least 4 members (excludes halogenated alkanes) is 2. The third kappa shape index (κ3) is 10.3. The van der Waals surface area contributed by atoms with Crippen molar-refractivity contribution in [3.05, 3.63) is 119 Å². The number of hydrogen-bond donors (Lipinski definition) is 1. The van der Waals surface area contributed by atoms with Gasteiger partial charge in [-0.05, 0) is 99.2 Å². The zero-order chi connectivity index (χ0) is 32.1. The summed E-state index contributed by atoms with van der Waals surface area (Å²) < 4.78 is 0. The number of nitrogens with two attached hydrogens (primary N) is 1. The summed E-state index contributed by atoms with van der Waals surface area (Å²) in [5.41, 5.74) is 17.9. The van der Waals surface area contributed by atoms with Gasteiger partial charge >= 0.3 is 0 Å². The molecule has 4 rings (SSSR count). The molecule has 1 aromatic heterocycles. The SMILES string of the molecule is C=C(C)C(/C=C(\N)C(=C)N(CCCC)CCCC)=Nc1ccc(-c2ccc(C)nc2)cc1C.CN1CCc2ccccc2C1. The summed E-state index contributed by atoms with van der Waals surface area (Å²) >= 11 is 0. The summed E-state index contributed by atoms with van der Waals surface area (Å²) in [6.07, 6.45) is 9.57. The van der Waals surface area contributed by atoms with Crippen LogP contribution in [0, 0.1) is 13.8 Å². The second-order valence-corrected chi connectivity index (χ2v) is 12.0. The van der Waals surface area contributed by atoms with Crippen molar-refractivity contribution >= 4 is 11.4 Å². The fraction of sp³-hybridized carbons (Fsp3) is 0.385. The van der Waals surface area contributed by atoms with E-state index in [1.54, 1.807) is 0 Å². The highest BCUT2D eigenvalue weighted by molar-refractivity contribution is 6.09. The summed E-state index contributed by atoms with van der Waals surface area (Å²) in [5.74, 6) is 0. The average molecular weight is 592 g/mol. The first-order chi connectivity index (χ1) is 21.1. The molecular formula is C39H53N5. The Hall–Kier alpha value is -3.96. The fourth-order valence-electron chi connectivity index (χ4n) is 5.11. The van der Waals surface area contributed by atoms with Crippen molar-refractivity contribution in [1.82, 2.24) is 14.8 Å². The van der Waals surface area contributed by atoms with E-state index in [0.29, 0.717) is 5.70 Å². The summed E-state index contributed by atoms with van der Waals surface area (Å²) in [4.78, 5) is 14.0. The molecule has 0 saturated heterocycles. The molecular weight excluding hydrogens is 538 g/mol. The van der Waals surface area contributed by atoms with Gasteiger partial charge in [-0.2, -0.15) is 0 Å². The summed E-state index contributed by atoms with van der Waals surface area (Å²) in [7, 11) is 2.18. The molecule has 0 radical (unpaired) electrons. The molecule has 5 nitrogen and oxygen atoms in total. The third-order valence-electron chi connectivity index (χ3n) is 8.01. The maximum Gasteiger partial charge on any atom is 0.0681 e. The Labute approximate surface area is 266 Å². The minimum absolute atomic E-state index is 0.643. The molecule has 1 aliphatic rings. The number of hydrogen-bond acceptors (Lipinski definition) is 5. The van der Waals surface area contributed by atoms with E-state index in [4.69, 9.17) is 10.7 Å². The predicted molar refractivity (Wildman–Crippen MR) is 190 cm³/mol. The molecule has 0 unspecified atom stereocenters. The minimum Gasteiger partial charge on any atom is -0.397 e. The highest BCUT2D eigenvalue weighted by atomic mass is 15.1. The largest absolute Gasteiger partial charge is 0.397 e. The summed E-state index contributed by atoms with van der Waals surface area (Å²) in [6.45, 7) is 23.1. The van der Waals surface area contributed by atoms with Gasteiger partial charge in [-0.25, -0.2) is 4.99 Å². The molecule has 0 atom stereocenters. The Morgan fingerprint density at radius 1 is 0.977 bits per heavy atom. The van der Waals surface area contributed by atoms with E-state index in [1.807, 2.05) is 38.3 Å². The van der Waals surface area contributed by atoms with Crippen molar-refractivity contribution in [1.29, 1.82) is 0 Å². The van der Waals surface area contributed by atoms with Crippen LogP contribution in [0.1, 0.15) is 68.8 Å². The average Bonchev–Trinajstić information content (AvgIpc) is 3.01. The Morgan fingerprint density at radius 2 is 1.64 bits per heavy atom. The molecule has 44 heavy (non-hydrogen) atoms. The topological polar surface area (TPSA) is 57.8 Å². The molecule has 234 valence electrons. The van der Waals surface area contributed by atoms with Crippen LogP contribution in [0.15, 0.2) is 102 Å². The van der Waals surface area contributed by atoms with Crippen molar-refractivity contribution < 1.29 is 0 Å². The summed E-state index contributed by atoms with van der Waals surface area (Å²) in [5, 5.41) is 0. The highest BCUT2D eigenvalue weighted by Gasteiger charge is 2.12. The van der Waals surface area contributed by atoms with Crippen LogP contribution in [0.25, 0.3) is 11.1 Å². The molecule has 2 aromatic carbocycles. The minimum atomic E-state index is 0.643. The van der Waals surface area contributed by atoms with Crippen LogP contribution in [-0.2, 0) is 13.0 Å². The van der Waals surface area contributed by atoms with E-state index < -0.39 is 0 Å². The lowest BCUT2D eigenvalue weighted by Gasteiger charge is -2.27. The molecule has 0 aliphatic carbocycles. The number of pyridine rings is 1. The van der Waals surface area contributed by atoms with E-state index in [9.17, 15) is 0 Å². The Balaban J connectivity index is 0.000000397. The standard InChI is InChI=1S/C29H40N4.C10H13N/c1-8-10-16-33(17-11-9-2)24(7)27(30)19-29(21(3)4)32-28-15-14-25(18-22(28)5)26-13-12-23(6)31-20-26;1-11-7-6-9-4-2-3-5-10(9)8-11/h12-15,18-20H,3,7-11,16-17,30H2,1-2,4-6H3;2-5H,6-8H2,1H3/b27-19-,32-29?;. The molecule has 1 aliphatic heterocycles. The number of likely N-dealkylation sites (N-methyl/N-ethyl adjacent to an activating group) is 1. The van der Waals surface area contributed by atoms with Crippen LogP contribution in [0.4, 0.5) is 5.69 Å². The van der Waals surface area contributed by atoms with E-state index >= 15 is 0 Å². The number of aliphatic imine (C=N–C) groups is 1. The van der Waals surface area contributed by atoms with Gasteiger partial charge in [0.15, 0.2) is 0 Å². The van der Waals surface area contributed by atoms with Crippen LogP contribution in [0.3, 0.4) is 0 Å². The van der Waals surface area contributed by atoms with E-state index in [0.717, 1.165) is 90.4 Å². The monoisotopic (exact) mass is 591 g/mol. The van der Waals surface area contributed by atoms with Crippen molar-refractivity contribution in [2.75, 3.05) is 26.7 Å². The number of fused-ring (bicyclic) bond motifs is 1. The normalized spacial score (nSPS) is 13.5. The number of rotatable bonds is 12. The Kier molecular flexibility index (Phi) is 13.6. The number of benzene rings is 2. The maximum atomic E-state index is 6.50. The number of aryl methyl sites for hydroxylation is 2. The van der Waals surface area contributed by atoms with Crippen molar-refractivity contribution in [3.8, 4) is 11.1 Å². The first-order valence-electron chi connectivity index (χ1n) is 16.1. The van der Waals surface area contributed by atoms with E-state index in [2.05, 4.69) is 98.2 Å². The molecule has 0 amide bonds. The van der Waals surface area contributed by atoms with Crippen LogP contribution in [0.2, 0.25) is 0 Å². The van der Waals surface area contributed by atoms with E-state index in [-0.39, 0.29) is 0 Å². The van der Waals surface area contributed by atoms with Crippen LogP contribution in [-0.4, -0.2) is 47.2 Å². The highest BCUT2D eigenvalue weighted by Crippen LogP contribution is 2.27. The lowest BCUT2D eigenvalue weighted by atomic mass is 10.0. The first kappa shape index (κ1) is 34.5. The van der Waals surface area contributed by atoms with Gasteiger partial charge in [0.2, 0.25) is 0 Å². The van der Waals surface area contributed by atoms with Gasteiger partial charge in [0, 0.05) is 43.6 Å². The predicted octanol–water partition coefficient (Wildman–Crippen LogP) is 8.95. The number of nitrogens with zero attached hydrogens (tertiary/aromatic N) is 4. The van der Waals surface area contributed by atoms with Crippen LogP contribution >= 0.6 is 0 Å². The molecule has 0 spiro atoms. The second-order valence-electron chi connectivity index (χ2n) is 12.0. The fourth-order valence-corrected chi connectivity index (χ4v) is 5.11. The maximum absolute atomic E-state index is 6.50.